The smallest absolute Gasteiger partial charge is 0.155 e. The lowest BCUT2D eigenvalue weighted by atomic mass is 10.4. The van der Waals surface area contributed by atoms with Gasteiger partial charge in [-0.1, -0.05) is 0 Å². The molecule has 9 heavy (non-hydrogen) atoms. The number of ether oxygens (including phenoxy) is 1. The highest BCUT2D eigenvalue weighted by Crippen LogP contribution is 2.16. The van der Waals surface area contributed by atoms with Crippen LogP contribution in [0.1, 0.15) is 12.8 Å². The van der Waals surface area contributed by atoms with Crippen molar-refractivity contribution in [3.63, 3.8) is 0 Å². The molecule has 0 spiro atoms. The van der Waals surface area contributed by atoms with Crippen molar-refractivity contribution in [2.45, 2.75) is 19.1 Å². The van der Waals surface area contributed by atoms with E-state index in [1.165, 1.54) is 0 Å². The zero-order valence-corrected chi connectivity index (χ0v) is 5.64. The van der Waals surface area contributed by atoms with Crippen LogP contribution in [0.15, 0.2) is 0 Å². The summed E-state index contributed by atoms with van der Waals surface area (Å²) in [5.74, 6) is 0. The molecule has 0 aromatic rings. The first kappa shape index (κ1) is 6.96. The van der Waals surface area contributed by atoms with E-state index in [0.717, 1.165) is 13.0 Å². The third-order valence-electron chi connectivity index (χ3n) is 1.58. The van der Waals surface area contributed by atoms with E-state index in [-0.39, 0.29) is 0 Å². The van der Waals surface area contributed by atoms with Crippen LogP contribution in [0, 0.1) is 0 Å². The number of hydrogen-bond acceptors (Lipinski definition) is 2. The lowest BCUT2D eigenvalue weighted by Gasteiger charge is -2.15. The summed E-state index contributed by atoms with van der Waals surface area (Å²) < 4.78 is 17.4. The molecule has 1 aliphatic heterocycles. The van der Waals surface area contributed by atoms with E-state index in [2.05, 4.69) is 0 Å². The molecule has 1 fully saturated rings. The highest BCUT2D eigenvalue weighted by molar-refractivity contribution is 4.67. The van der Waals surface area contributed by atoms with Gasteiger partial charge in [0, 0.05) is 13.7 Å². The Morgan fingerprint density at radius 2 is 2.56 bits per heavy atom. The fraction of sp³-hybridized carbons (Fsp3) is 1.00. The van der Waals surface area contributed by atoms with Crippen LogP contribution in [0.3, 0.4) is 0 Å². The molecule has 0 saturated carbocycles. The second-order valence-corrected chi connectivity index (χ2v) is 2.31. The van der Waals surface area contributed by atoms with Gasteiger partial charge >= 0.3 is 0 Å². The molecule has 0 radical (unpaired) electrons. The topological polar surface area (TPSA) is 12.5 Å². The molecule has 1 saturated heterocycles. The standard InChI is InChI=1S/C6H12FNO/c1-9-5-8-4-2-3-6(8)7/h6H,2-5H2,1H3. The fourth-order valence-electron chi connectivity index (χ4n) is 1.10. The first-order valence-electron chi connectivity index (χ1n) is 3.21. The SMILES string of the molecule is COCN1CCCC1F. The van der Waals surface area contributed by atoms with Crippen molar-refractivity contribution in [3.8, 4) is 0 Å². The largest absolute Gasteiger partial charge is 0.369 e. The number of hydrogen-bond donors (Lipinski definition) is 0. The monoisotopic (exact) mass is 133 g/mol. The third-order valence-corrected chi connectivity index (χ3v) is 1.58. The van der Waals surface area contributed by atoms with Crippen molar-refractivity contribution < 1.29 is 9.13 Å². The molecule has 1 unspecified atom stereocenters. The van der Waals surface area contributed by atoms with Crippen LogP contribution in [0.4, 0.5) is 4.39 Å². The minimum absolute atomic E-state index is 0.432. The van der Waals surface area contributed by atoms with Crippen molar-refractivity contribution in [1.82, 2.24) is 4.90 Å². The third kappa shape index (κ3) is 1.63. The van der Waals surface area contributed by atoms with Gasteiger partial charge in [-0.15, -0.1) is 0 Å². The van der Waals surface area contributed by atoms with Gasteiger partial charge in [-0.2, -0.15) is 0 Å². The summed E-state index contributed by atoms with van der Waals surface area (Å²) >= 11 is 0. The molecule has 0 bridgehead atoms. The van der Waals surface area contributed by atoms with Gasteiger partial charge in [-0.25, -0.2) is 4.39 Å². The highest BCUT2D eigenvalue weighted by Gasteiger charge is 2.22. The molecule has 3 heteroatoms. The highest BCUT2D eigenvalue weighted by atomic mass is 19.1. The van der Waals surface area contributed by atoms with Gasteiger partial charge in [0.05, 0.1) is 0 Å². The zero-order chi connectivity index (χ0) is 6.69. The van der Waals surface area contributed by atoms with Crippen LogP contribution < -0.4 is 0 Å². The van der Waals surface area contributed by atoms with E-state index >= 15 is 0 Å². The van der Waals surface area contributed by atoms with Crippen LogP contribution in [0.2, 0.25) is 0 Å². The second-order valence-electron chi connectivity index (χ2n) is 2.31. The molecule has 1 heterocycles. The summed E-state index contributed by atoms with van der Waals surface area (Å²) in [6.45, 7) is 1.27. The molecule has 0 N–H and O–H groups in total. The molecule has 0 aromatic carbocycles. The Balaban J connectivity index is 2.22. The molecule has 0 aromatic heterocycles. The Morgan fingerprint density at radius 1 is 1.78 bits per heavy atom. The molecule has 0 amide bonds. The van der Waals surface area contributed by atoms with Gasteiger partial charge in [-0.05, 0) is 12.8 Å². The maximum absolute atomic E-state index is 12.6. The van der Waals surface area contributed by atoms with Crippen molar-refractivity contribution in [3.05, 3.63) is 0 Å². The summed E-state index contributed by atoms with van der Waals surface area (Å²) in [6, 6.07) is 0. The number of rotatable bonds is 2. The molecule has 2 nitrogen and oxygen atoms in total. The van der Waals surface area contributed by atoms with E-state index in [9.17, 15) is 4.39 Å². The van der Waals surface area contributed by atoms with Gasteiger partial charge in [0.1, 0.15) is 6.73 Å². The van der Waals surface area contributed by atoms with Gasteiger partial charge in [0.2, 0.25) is 0 Å². The normalized spacial score (nSPS) is 29.3. The van der Waals surface area contributed by atoms with E-state index < -0.39 is 6.30 Å². The lowest BCUT2D eigenvalue weighted by molar-refractivity contribution is 0.0115. The second kappa shape index (κ2) is 3.13. The average Bonchev–Trinajstić information content (AvgIpc) is 2.18. The lowest BCUT2D eigenvalue weighted by Crippen LogP contribution is -2.27. The number of likely N-dealkylation sites (tertiary alicyclic amines) is 1. The average molecular weight is 133 g/mol. The van der Waals surface area contributed by atoms with Gasteiger partial charge in [0.25, 0.3) is 0 Å². The van der Waals surface area contributed by atoms with Gasteiger partial charge < -0.3 is 4.74 Å². The Hall–Kier alpha value is -0.150. The van der Waals surface area contributed by atoms with E-state index in [1.54, 1.807) is 12.0 Å². The summed E-state index contributed by atoms with van der Waals surface area (Å²) in [4.78, 5) is 1.69. The summed E-state index contributed by atoms with van der Waals surface area (Å²) in [5, 5.41) is 0. The molecule has 54 valence electrons. The molecule has 1 atom stereocenters. The number of nitrogens with zero attached hydrogens (tertiary/aromatic N) is 1. The number of alkyl halides is 1. The quantitative estimate of drug-likeness (QED) is 0.521. The van der Waals surface area contributed by atoms with Gasteiger partial charge in [0.15, 0.2) is 6.30 Å². The Labute approximate surface area is 54.6 Å². The van der Waals surface area contributed by atoms with Crippen LogP contribution in [-0.2, 0) is 4.74 Å². The predicted molar refractivity (Wildman–Crippen MR) is 32.7 cm³/mol. The van der Waals surface area contributed by atoms with Crippen LogP contribution >= 0.6 is 0 Å². The Kier molecular flexibility index (Phi) is 2.42. The van der Waals surface area contributed by atoms with Crippen molar-refractivity contribution in [1.29, 1.82) is 0 Å². The molecular formula is C6H12FNO. The minimum Gasteiger partial charge on any atom is -0.369 e. The maximum atomic E-state index is 12.6. The first-order valence-corrected chi connectivity index (χ1v) is 3.21. The van der Waals surface area contributed by atoms with Crippen LogP contribution in [-0.4, -0.2) is 31.6 Å². The van der Waals surface area contributed by atoms with Crippen molar-refractivity contribution in [2.24, 2.45) is 0 Å². The molecule has 1 aliphatic rings. The Morgan fingerprint density at radius 3 is 3.00 bits per heavy atom. The van der Waals surface area contributed by atoms with Crippen molar-refractivity contribution in [2.75, 3.05) is 20.4 Å². The fourth-order valence-corrected chi connectivity index (χ4v) is 1.10. The van der Waals surface area contributed by atoms with E-state index in [1.807, 2.05) is 0 Å². The molecule has 0 aliphatic carbocycles. The van der Waals surface area contributed by atoms with E-state index in [0.29, 0.717) is 13.2 Å². The number of methoxy groups -OCH3 is 1. The number of halogens is 1. The van der Waals surface area contributed by atoms with Crippen LogP contribution in [0.5, 0.6) is 0 Å². The summed E-state index contributed by atoms with van der Waals surface area (Å²) in [7, 11) is 1.59. The summed E-state index contributed by atoms with van der Waals surface area (Å²) in [6.07, 6.45) is 0.874. The molecule has 1 rings (SSSR count). The van der Waals surface area contributed by atoms with Crippen LogP contribution in [0.25, 0.3) is 0 Å². The zero-order valence-electron chi connectivity index (χ0n) is 5.64. The van der Waals surface area contributed by atoms with Crippen molar-refractivity contribution >= 4 is 0 Å². The first-order chi connectivity index (χ1) is 4.34. The Bertz CT molecular complexity index is 89.1. The summed E-state index contributed by atoms with van der Waals surface area (Å²) in [5.41, 5.74) is 0. The maximum Gasteiger partial charge on any atom is 0.155 e. The van der Waals surface area contributed by atoms with E-state index in [4.69, 9.17) is 4.74 Å². The van der Waals surface area contributed by atoms with Gasteiger partial charge in [-0.3, -0.25) is 4.90 Å². The minimum atomic E-state index is -0.759. The molecular weight excluding hydrogens is 121 g/mol. The predicted octanol–water partition coefficient (Wildman–Crippen LogP) is 0.982.